The SMILES string of the molecule is Cc1cccc(Cl)c1NC(=O)C1CCCC1N. The minimum absolute atomic E-state index is 0.00815. The quantitative estimate of drug-likeness (QED) is 0.850. The Morgan fingerprint density at radius 2 is 2.24 bits per heavy atom. The van der Waals surface area contributed by atoms with E-state index in [4.69, 9.17) is 17.3 Å². The topological polar surface area (TPSA) is 55.1 Å². The molecule has 4 heteroatoms. The number of halogens is 1. The van der Waals surface area contributed by atoms with Crippen LogP contribution in [-0.4, -0.2) is 11.9 Å². The molecule has 0 saturated heterocycles. The molecule has 0 aromatic heterocycles. The summed E-state index contributed by atoms with van der Waals surface area (Å²) in [5, 5.41) is 3.47. The van der Waals surface area contributed by atoms with Gasteiger partial charge in [-0.15, -0.1) is 0 Å². The lowest BCUT2D eigenvalue weighted by Gasteiger charge is -2.17. The third kappa shape index (κ3) is 2.61. The number of para-hydroxylation sites is 1. The van der Waals surface area contributed by atoms with E-state index in [1.165, 1.54) is 0 Å². The zero-order chi connectivity index (χ0) is 12.4. The summed E-state index contributed by atoms with van der Waals surface area (Å²) < 4.78 is 0. The minimum atomic E-state index is -0.0781. The molecule has 2 atom stereocenters. The van der Waals surface area contributed by atoms with Gasteiger partial charge in [-0.05, 0) is 31.4 Å². The molecule has 1 amide bonds. The molecule has 3 nitrogen and oxygen atoms in total. The highest BCUT2D eigenvalue weighted by molar-refractivity contribution is 6.33. The van der Waals surface area contributed by atoms with Crippen molar-refractivity contribution >= 4 is 23.2 Å². The van der Waals surface area contributed by atoms with E-state index >= 15 is 0 Å². The van der Waals surface area contributed by atoms with Crippen LogP contribution in [0.25, 0.3) is 0 Å². The van der Waals surface area contributed by atoms with Crippen LogP contribution in [-0.2, 0) is 4.79 Å². The van der Waals surface area contributed by atoms with Gasteiger partial charge in [0.15, 0.2) is 0 Å². The van der Waals surface area contributed by atoms with Crippen LogP contribution in [0.5, 0.6) is 0 Å². The largest absolute Gasteiger partial charge is 0.327 e. The number of hydrogen-bond donors (Lipinski definition) is 2. The Hall–Kier alpha value is -1.06. The zero-order valence-electron chi connectivity index (χ0n) is 9.87. The van der Waals surface area contributed by atoms with E-state index in [1.807, 2.05) is 19.1 Å². The van der Waals surface area contributed by atoms with Gasteiger partial charge in [0.25, 0.3) is 0 Å². The molecule has 0 aliphatic heterocycles. The van der Waals surface area contributed by atoms with Crippen LogP contribution in [0, 0.1) is 12.8 Å². The second-order valence-corrected chi connectivity index (χ2v) is 5.03. The summed E-state index contributed by atoms with van der Waals surface area (Å²) in [7, 11) is 0. The first-order valence-corrected chi connectivity index (χ1v) is 6.29. The van der Waals surface area contributed by atoms with Gasteiger partial charge < -0.3 is 11.1 Å². The van der Waals surface area contributed by atoms with Gasteiger partial charge in [-0.25, -0.2) is 0 Å². The predicted molar refractivity (Wildman–Crippen MR) is 70.1 cm³/mol. The van der Waals surface area contributed by atoms with Crippen molar-refractivity contribution in [3.8, 4) is 0 Å². The van der Waals surface area contributed by atoms with Gasteiger partial charge >= 0.3 is 0 Å². The highest BCUT2D eigenvalue weighted by Gasteiger charge is 2.30. The lowest BCUT2D eigenvalue weighted by atomic mass is 10.0. The molecule has 17 heavy (non-hydrogen) atoms. The van der Waals surface area contributed by atoms with Gasteiger partial charge in [0, 0.05) is 6.04 Å². The highest BCUT2D eigenvalue weighted by atomic mass is 35.5. The second-order valence-electron chi connectivity index (χ2n) is 4.62. The Morgan fingerprint density at radius 3 is 2.82 bits per heavy atom. The molecule has 0 spiro atoms. The maximum Gasteiger partial charge on any atom is 0.229 e. The van der Waals surface area contributed by atoms with Crippen molar-refractivity contribution in [3.05, 3.63) is 28.8 Å². The van der Waals surface area contributed by atoms with E-state index in [1.54, 1.807) is 6.07 Å². The number of aryl methyl sites for hydroxylation is 1. The van der Waals surface area contributed by atoms with Gasteiger partial charge in [-0.1, -0.05) is 30.2 Å². The van der Waals surface area contributed by atoms with E-state index in [-0.39, 0.29) is 17.9 Å². The number of anilines is 1. The van der Waals surface area contributed by atoms with Crippen molar-refractivity contribution in [1.82, 2.24) is 0 Å². The molecule has 92 valence electrons. The molecule has 1 aromatic carbocycles. The van der Waals surface area contributed by atoms with E-state index in [2.05, 4.69) is 5.32 Å². The molecule has 1 saturated carbocycles. The van der Waals surface area contributed by atoms with Gasteiger partial charge in [-0.3, -0.25) is 4.79 Å². The van der Waals surface area contributed by atoms with Gasteiger partial charge in [0.1, 0.15) is 0 Å². The smallest absolute Gasteiger partial charge is 0.229 e. The number of carbonyl (C=O) groups is 1. The predicted octanol–water partition coefficient (Wildman–Crippen LogP) is 2.71. The summed E-state index contributed by atoms with van der Waals surface area (Å²) in [5.41, 5.74) is 7.59. The summed E-state index contributed by atoms with van der Waals surface area (Å²) in [6, 6.07) is 5.56. The molecule has 1 aliphatic rings. The second kappa shape index (κ2) is 5.07. The lowest BCUT2D eigenvalue weighted by Crippen LogP contribution is -2.34. The van der Waals surface area contributed by atoms with Crippen LogP contribution in [0.1, 0.15) is 24.8 Å². The van der Waals surface area contributed by atoms with E-state index in [0.717, 1.165) is 24.8 Å². The molecule has 0 radical (unpaired) electrons. The number of hydrogen-bond acceptors (Lipinski definition) is 2. The first-order chi connectivity index (χ1) is 8.09. The van der Waals surface area contributed by atoms with Crippen LogP contribution in [0.3, 0.4) is 0 Å². The molecule has 2 rings (SSSR count). The lowest BCUT2D eigenvalue weighted by molar-refractivity contribution is -0.120. The van der Waals surface area contributed by atoms with Crippen LogP contribution in [0.2, 0.25) is 5.02 Å². The fourth-order valence-electron chi connectivity index (χ4n) is 2.32. The molecule has 1 aliphatic carbocycles. The number of nitrogens with two attached hydrogens (primary N) is 1. The molecule has 0 heterocycles. The zero-order valence-corrected chi connectivity index (χ0v) is 10.6. The fraction of sp³-hybridized carbons (Fsp3) is 0.462. The van der Waals surface area contributed by atoms with Crippen molar-refractivity contribution in [3.63, 3.8) is 0 Å². The Balaban J connectivity index is 2.13. The van der Waals surface area contributed by atoms with E-state index in [0.29, 0.717) is 10.7 Å². The van der Waals surface area contributed by atoms with Gasteiger partial charge in [-0.2, -0.15) is 0 Å². The molecule has 1 aromatic rings. The summed E-state index contributed by atoms with van der Waals surface area (Å²) in [6.45, 7) is 1.93. The highest BCUT2D eigenvalue weighted by Crippen LogP contribution is 2.29. The van der Waals surface area contributed by atoms with Crippen molar-refractivity contribution < 1.29 is 4.79 Å². The van der Waals surface area contributed by atoms with Crippen LogP contribution >= 0.6 is 11.6 Å². The van der Waals surface area contributed by atoms with Gasteiger partial charge in [0.05, 0.1) is 16.6 Å². The van der Waals surface area contributed by atoms with Crippen LogP contribution < -0.4 is 11.1 Å². The Labute approximate surface area is 106 Å². The Kier molecular flexibility index (Phi) is 3.69. The fourth-order valence-corrected chi connectivity index (χ4v) is 2.59. The minimum Gasteiger partial charge on any atom is -0.327 e. The Morgan fingerprint density at radius 1 is 1.47 bits per heavy atom. The maximum absolute atomic E-state index is 12.1. The molecule has 2 unspecified atom stereocenters. The molecule has 3 N–H and O–H groups in total. The number of carbonyl (C=O) groups excluding carboxylic acids is 1. The first kappa shape index (κ1) is 12.4. The normalized spacial score (nSPS) is 23.7. The third-order valence-electron chi connectivity index (χ3n) is 3.38. The van der Waals surface area contributed by atoms with Crippen molar-refractivity contribution in [2.75, 3.05) is 5.32 Å². The molecule has 1 fully saturated rings. The summed E-state index contributed by atoms with van der Waals surface area (Å²) in [4.78, 5) is 12.1. The molecular formula is C13H17ClN2O. The van der Waals surface area contributed by atoms with Crippen molar-refractivity contribution in [1.29, 1.82) is 0 Å². The summed E-state index contributed by atoms with van der Waals surface area (Å²) >= 11 is 6.07. The summed E-state index contributed by atoms with van der Waals surface area (Å²) in [6.07, 6.45) is 2.83. The standard InChI is InChI=1S/C13H17ClN2O/c1-8-4-2-6-10(14)12(8)16-13(17)9-5-3-7-11(9)15/h2,4,6,9,11H,3,5,7,15H2,1H3,(H,16,17). The maximum atomic E-state index is 12.1. The number of amides is 1. The Bertz CT molecular complexity index is 413. The third-order valence-corrected chi connectivity index (χ3v) is 3.69. The van der Waals surface area contributed by atoms with Crippen LogP contribution in [0.15, 0.2) is 18.2 Å². The van der Waals surface area contributed by atoms with Crippen molar-refractivity contribution in [2.45, 2.75) is 32.2 Å². The van der Waals surface area contributed by atoms with E-state index in [9.17, 15) is 4.79 Å². The molecule has 0 bridgehead atoms. The monoisotopic (exact) mass is 252 g/mol. The summed E-state index contributed by atoms with van der Waals surface area (Å²) in [5.74, 6) is -0.0862. The molecular weight excluding hydrogens is 236 g/mol. The van der Waals surface area contributed by atoms with E-state index < -0.39 is 0 Å². The average molecular weight is 253 g/mol. The van der Waals surface area contributed by atoms with Gasteiger partial charge in [0.2, 0.25) is 5.91 Å². The number of rotatable bonds is 2. The number of nitrogens with one attached hydrogen (secondary N) is 1. The number of benzene rings is 1. The first-order valence-electron chi connectivity index (χ1n) is 5.91. The van der Waals surface area contributed by atoms with Crippen molar-refractivity contribution in [2.24, 2.45) is 11.7 Å². The average Bonchev–Trinajstić information content (AvgIpc) is 2.70. The van der Waals surface area contributed by atoms with Crippen LogP contribution in [0.4, 0.5) is 5.69 Å².